The number of alkyl halides is 30. The maximum Gasteiger partial charge on any atom is 0.460 e. The van der Waals surface area contributed by atoms with Crippen molar-refractivity contribution in [2.24, 2.45) is 0 Å². The summed E-state index contributed by atoms with van der Waals surface area (Å²) in [7, 11) is -10.6. The largest absolute Gasteiger partial charge is 0.460 e. The van der Waals surface area contributed by atoms with Crippen LogP contribution in [0.1, 0.15) is 0 Å². The molecule has 290 valence electrons. The van der Waals surface area contributed by atoms with Gasteiger partial charge in [0.2, 0.25) is 0 Å². The molecule has 0 heterocycles. The third-order valence-corrected chi connectivity index (χ3v) is 6.59. The first-order valence-electron chi connectivity index (χ1n) is 9.63. The van der Waals surface area contributed by atoms with Crippen LogP contribution in [0.15, 0.2) is 0 Å². The lowest BCUT2D eigenvalue weighted by atomic mass is 9.91. The van der Waals surface area contributed by atoms with Gasteiger partial charge in [0.1, 0.15) is 0 Å². The van der Waals surface area contributed by atoms with Crippen LogP contribution in [0.4, 0.5) is 136 Å². The number of halogens is 31. The van der Waals surface area contributed by atoms with Crippen molar-refractivity contribution in [3.8, 4) is 0 Å². The predicted molar refractivity (Wildman–Crippen MR) is 81.3 cm³/mol. The molecule has 0 aliphatic carbocycles. The molecule has 0 spiro atoms. The molecule has 0 rings (SSSR count). The van der Waals surface area contributed by atoms with Gasteiger partial charge >= 0.3 is 91.0 Å². The van der Waals surface area contributed by atoms with Crippen molar-refractivity contribution in [2.75, 3.05) is 0 Å². The summed E-state index contributed by atoms with van der Waals surface area (Å²) < 4.78 is 415. The quantitative estimate of drug-likeness (QED) is 0.137. The van der Waals surface area contributed by atoms with Crippen molar-refractivity contribution in [1.29, 1.82) is 0 Å². The smallest absolute Gasteiger partial charge is 0.248 e. The van der Waals surface area contributed by atoms with Gasteiger partial charge in [-0.15, -0.1) is 0 Å². The Balaban J connectivity index is 7.30. The molecule has 0 aromatic carbocycles. The van der Waals surface area contributed by atoms with Gasteiger partial charge in [0.25, 0.3) is 0 Å². The summed E-state index contributed by atoms with van der Waals surface area (Å²) in [6, 6.07) is 0. The van der Waals surface area contributed by atoms with Crippen LogP contribution in [-0.4, -0.2) is 83.4 Å². The van der Waals surface area contributed by atoms with Gasteiger partial charge in [-0.2, -0.15) is 136 Å². The molecule has 0 fully saturated rings. The minimum Gasteiger partial charge on any atom is -0.248 e. The number of hydrogen-bond donors (Lipinski definition) is 0. The Labute approximate surface area is 237 Å². The Morgan fingerprint density at radius 2 is 0.479 bits per heavy atom. The summed E-state index contributed by atoms with van der Waals surface area (Å²) in [5, 5.41) is 0. The zero-order chi connectivity index (χ0) is 40.2. The highest BCUT2D eigenvalue weighted by atomic mass is 31.2. The highest BCUT2D eigenvalue weighted by molar-refractivity contribution is 7.54. The second-order valence-electron chi connectivity index (χ2n) is 8.37. The molecule has 48 heavy (non-hydrogen) atoms. The van der Waals surface area contributed by atoms with Gasteiger partial charge in [-0.3, -0.25) is 0 Å². The summed E-state index contributed by atoms with van der Waals surface area (Å²) in [4.78, 5) is 0. The summed E-state index contributed by atoms with van der Waals surface area (Å²) in [6.45, 7) is 0. The zero-order valence-electron chi connectivity index (χ0n) is 20.0. The monoisotopic (exact) mass is 820 g/mol. The van der Waals surface area contributed by atoms with E-state index in [9.17, 15) is 140 Å². The average molecular weight is 820 g/mol. The second kappa shape index (κ2) is 11.0. The minimum atomic E-state index is -10.6. The van der Waals surface area contributed by atoms with Gasteiger partial charge in [-0.25, -0.2) is 9.09 Å². The fourth-order valence-electron chi connectivity index (χ4n) is 2.34. The van der Waals surface area contributed by atoms with Crippen LogP contribution in [-0.2, 0) is 9.09 Å². The topological polar surface area (TPSA) is 26.3 Å². The van der Waals surface area contributed by atoms with Crippen LogP contribution in [0.2, 0.25) is 0 Å². The lowest BCUT2D eigenvalue weighted by Gasteiger charge is -2.43. The van der Waals surface area contributed by atoms with E-state index in [1.54, 1.807) is 0 Å². The van der Waals surface area contributed by atoms with E-state index in [-0.39, 0.29) is 0 Å². The van der Waals surface area contributed by atoms with Crippen LogP contribution in [0, 0.1) is 0 Å². The molecule has 0 N–H and O–H groups in total. The fourth-order valence-corrected chi connectivity index (χ4v) is 3.34. The number of rotatable bonds is 13. The molecule has 0 aromatic rings. The van der Waals surface area contributed by atoms with Gasteiger partial charge in [0, 0.05) is 0 Å². The van der Waals surface area contributed by atoms with Gasteiger partial charge in [-0.1, -0.05) is 0 Å². The van der Waals surface area contributed by atoms with Crippen molar-refractivity contribution < 1.29 is 145 Å². The van der Waals surface area contributed by atoms with Crippen molar-refractivity contribution in [3.05, 3.63) is 0 Å². The lowest BCUT2D eigenvalue weighted by Crippen LogP contribution is -2.74. The Kier molecular flexibility index (Phi) is 10.6. The van der Waals surface area contributed by atoms with E-state index in [4.69, 9.17) is 0 Å². The lowest BCUT2D eigenvalue weighted by molar-refractivity contribution is -0.461. The molecule has 0 saturated heterocycles. The summed E-state index contributed by atoms with van der Waals surface area (Å²) >= 11 is 0. The summed E-state index contributed by atoms with van der Waals surface area (Å²) in [5.74, 6) is -92.9. The van der Waals surface area contributed by atoms with Crippen molar-refractivity contribution in [3.63, 3.8) is 0 Å². The van der Waals surface area contributed by atoms with Crippen molar-refractivity contribution in [2.45, 2.75) is 83.4 Å². The summed E-state index contributed by atoms with van der Waals surface area (Å²) in [6.07, 6.45) is -25.6. The van der Waals surface area contributed by atoms with E-state index in [0.29, 0.717) is 0 Å². The molecular formula is C14F31O2P. The van der Waals surface area contributed by atoms with Gasteiger partial charge in [-0.05, 0) is 0 Å². The summed E-state index contributed by atoms with van der Waals surface area (Å²) in [5.41, 5.74) is -9.42. The zero-order valence-corrected chi connectivity index (χ0v) is 20.9. The first kappa shape index (κ1) is 46.0. The van der Waals surface area contributed by atoms with Crippen LogP contribution >= 0.6 is 7.68 Å². The Bertz CT molecular complexity index is 1230. The van der Waals surface area contributed by atoms with E-state index in [1.165, 1.54) is 0 Å². The SMILES string of the molecule is O=P(F)(OC(F)(F)C(F)(F)C(F)(F)C(F)(F)C(F)(F)C(F)(F)F)C(F)(F)C(F)(F)C(F)(F)C(F)(F)C(F)(F)C(F)(F)C(F)(F)C(F)(F)F. The molecule has 0 aromatic heterocycles. The fraction of sp³-hybridized carbons (Fsp3) is 1.00. The van der Waals surface area contributed by atoms with Crippen molar-refractivity contribution in [1.82, 2.24) is 0 Å². The molecule has 1 atom stereocenters. The minimum absolute atomic E-state index is 0.734. The van der Waals surface area contributed by atoms with E-state index < -0.39 is 91.0 Å². The molecule has 2 nitrogen and oxygen atoms in total. The van der Waals surface area contributed by atoms with Crippen LogP contribution in [0.25, 0.3) is 0 Å². The van der Waals surface area contributed by atoms with E-state index in [2.05, 4.69) is 0 Å². The standard InChI is InChI=1S/C14F31O2P/c15-1(16,3(19,20)7(27,28)11(35,36)37)2(17,18)6(25,26)10(33,34)14(43,44)48(45,46)47-13(41,42)9(31,32)5(23,24)4(21,22)8(29,30)12(38,39)40. The average Bonchev–Trinajstić information content (AvgIpc) is 2.80. The molecule has 0 amide bonds. The number of hydrogen-bond acceptors (Lipinski definition) is 2. The van der Waals surface area contributed by atoms with Gasteiger partial charge in [0.15, 0.2) is 0 Å². The maximum absolute atomic E-state index is 13.6. The van der Waals surface area contributed by atoms with Crippen LogP contribution < -0.4 is 0 Å². The molecule has 1 unspecified atom stereocenters. The van der Waals surface area contributed by atoms with Crippen LogP contribution in [0.3, 0.4) is 0 Å². The van der Waals surface area contributed by atoms with Crippen molar-refractivity contribution >= 4 is 7.68 Å². The van der Waals surface area contributed by atoms with E-state index in [1.807, 2.05) is 0 Å². The normalized spacial score (nSPS) is 18.2. The first-order valence-corrected chi connectivity index (χ1v) is 11.1. The molecule has 0 aliphatic rings. The Hall–Kier alpha value is -1.98. The highest BCUT2D eigenvalue weighted by Gasteiger charge is 2.98. The first-order chi connectivity index (χ1) is 20.0. The van der Waals surface area contributed by atoms with E-state index >= 15 is 0 Å². The molecular weight excluding hydrogens is 820 g/mol. The predicted octanol–water partition coefficient (Wildman–Crippen LogP) is 10.8. The van der Waals surface area contributed by atoms with Crippen LogP contribution in [0.5, 0.6) is 0 Å². The molecule has 0 aliphatic heterocycles. The third kappa shape index (κ3) is 5.56. The molecule has 0 saturated carbocycles. The molecule has 0 bridgehead atoms. The van der Waals surface area contributed by atoms with E-state index in [0.717, 1.165) is 4.52 Å². The van der Waals surface area contributed by atoms with Gasteiger partial charge < -0.3 is 0 Å². The molecule has 0 radical (unpaired) electrons. The Morgan fingerprint density at radius 3 is 0.708 bits per heavy atom. The molecule has 34 heteroatoms. The third-order valence-electron chi connectivity index (χ3n) is 5.18. The Morgan fingerprint density at radius 1 is 0.292 bits per heavy atom. The van der Waals surface area contributed by atoms with Gasteiger partial charge in [0.05, 0.1) is 0 Å². The maximum atomic E-state index is 13.6. The highest BCUT2D eigenvalue weighted by Crippen LogP contribution is 2.75. The second-order valence-corrected chi connectivity index (χ2v) is 10.1.